The molecular formula is C75H70N16. The van der Waals surface area contributed by atoms with E-state index in [1.165, 1.54) is 76.6 Å². The van der Waals surface area contributed by atoms with Gasteiger partial charge in [-0.1, -0.05) is 53.6 Å². The molecule has 0 saturated heterocycles. The SMILES string of the molecule is Cc1cc(C)c2ccncc2n1.Cc1ccc2cnnc(C)c2c1.Cc1ccc2cnncc2c1.Cc1cccc2cnncc12.Cc1ccnc2cnccc12.Cc1cnc(C)c2cnccc12.Cc1cncc2cnccc12.Cc1nccc2ccncc12. The molecule has 0 bridgehead atoms. The average molecular weight is 1200 g/mol. The van der Waals surface area contributed by atoms with Crippen LogP contribution in [0.5, 0.6) is 0 Å². The zero-order chi connectivity index (χ0) is 64.1. The first-order valence-corrected chi connectivity index (χ1v) is 29.5. The molecule has 0 N–H and O–H groups in total. The van der Waals surface area contributed by atoms with Gasteiger partial charge in [0.05, 0.1) is 60.1 Å². The Morgan fingerprint density at radius 3 is 1.52 bits per heavy atom. The fraction of sp³-hybridized carbons (Fsp3) is 0.147. The molecule has 13 aromatic heterocycles. The number of nitrogens with zero attached hydrogens (tertiary/aromatic N) is 16. The van der Waals surface area contributed by atoms with Gasteiger partial charge in [0.25, 0.3) is 0 Å². The normalized spacial score (nSPS) is 10.4. The van der Waals surface area contributed by atoms with Gasteiger partial charge in [0.2, 0.25) is 0 Å². The predicted molar refractivity (Wildman–Crippen MR) is 368 cm³/mol. The molecule has 0 unspecified atom stereocenters. The molecule has 16 aromatic rings. The summed E-state index contributed by atoms with van der Waals surface area (Å²) in [6.45, 7) is 22.5. The van der Waals surface area contributed by atoms with E-state index in [1.54, 1.807) is 74.4 Å². The van der Waals surface area contributed by atoms with Crippen LogP contribution >= 0.6 is 0 Å². The fourth-order valence-corrected chi connectivity index (χ4v) is 9.86. The molecule has 16 rings (SSSR count). The van der Waals surface area contributed by atoms with E-state index >= 15 is 0 Å². The summed E-state index contributed by atoms with van der Waals surface area (Å²) in [5.74, 6) is 0. The largest absolute Gasteiger partial charge is 0.264 e. The van der Waals surface area contributed by atoms with E-state index in [0.717, 1.165) is 71.5 Å². The van der Waals surface area contributed by atoms with Gasteiger partial charge in [-0.15, -0.1) is 0 Å². The Hall–Kier alpha value is -11.5. The van der Waals surface area contributed by atoms with Crippen molar-refractivity contribution in [1.82, 2.24) is 80.4 Å². The van der Waals surface area contributed by atoms with E-state index < -0.39 is 0 Å². The Balaban J connectivity index is 0.000000123. The summed E-state index contributed by atoms with van der Waals surface area (Å²) in [4.78, 5) is 41.2. The quantitative estimate of drug-likeness (QED) is 0.138. The molecule has 16 heteroatoms. The lowest BCUT2D eigenvalue weighted by Crippen LogP contribution is -1.87. The molecule has 13 heterocycles. The second kappa shape index (κ2) is 31.4. The highest BCUT2D eigenvalue weighted by Crippen LogP contribution is 2.21. The predicted octanol–water partition coefficient (Wildman–Crippen LogP) is 16.4. The van der Waals surface area contributed by atoms with E-state index in [4.69, 9.17) is 0 Å². The molecule has 0 saturated carbocycles. The Labute approximate surface area is 529 Å². The van der Waals surface area contributed by atoms with Crippen molar-refractivity contribution in [2.45, 2.75) is 76.2 Å². The molecule has 0 aliphatic carbocycles. The minimum absolute atomic E-state index is 0.965. The van der Waals surface area contributed by atoms with Gasteiger partial charge in [-0.3, -0.25) is 49.8 Å². The van der Waals surface area contributed by atoms with Crippen molar-refractivity contribution < 1.29 is 0 Å². The van der Waals surface area contributed by atoms with E-state index in [0.29, 0.717) is 0 Å². The summed E-state index contributed by atoms with van der Waals surface area (Å²) in [7, 11) is 0. The molecular weight excluding hydrogens is 1120 g/mol. The van der Waals surface area contributed by atoms with Crippen LogP contribution in [-0.4, -0.2) is 80.4 Å². The van der Waals surface area contributed by atoms with Gasteiger partial charge in [0.15, 0.2) is 0 Å². The monoisotopic (exact) mass is 1190 g/mol. The van der Waals surface area contributed by atoms with Crippen LogP contribution < -0.4 is 0 Å². The standard InChI is InChI=1S/3C10H10N2.5C9H8N2/c1-7-5-12-8(2)10-6-11-4-3-9(7)10;1-7-5-8(2)12-10-6-11-4-3-9(7)10;1-7-3-4-9-6-11-12-8(2)10(9)5-7;1-7-2-5-11-9-6-10-4-3-8(7)9;1-7-9-6-10-4-2-8(9)3-5-11-7;1-7-4-11-6-8-5-10-3-2-9(7)8;1-7-2-3-8-5-10-11-6-9(8)4-7;1-7-3-2-4-8-5-10-11-6-9(7)8/h3*3-6H,1-2H3;5*2-6H,1H3. The summed E-state index contributed by atoms with van der Waals surface area (Å²) < 4.78 is 0. The van der Waals surface area contributed by atoms with Gasteiger partial charge in [-0.2, -0.15) is 30.6 Å². The lowest BCUT2D eigenvalue weighted by molar-refractivity contribution is 1.00. The van der Waals surface area contributed by atoms with Crippen molar-refractivity contribution in [3.05, 3.63) is 289 Å². The number of aromatic nitrogens is 16. The molecule has 0 fully saturated rings. The summed E-state index contributed by atoms with van der Waals surface area (Å²) in [6, 6.07) is 34.8. The van der Waals surface area contributed by atoms with Crippen LogP contribution in [0.25, 0.3) is 86.4 Å². The number of pyridine rings is 10. The molecule has 0 aliphatic heterocycles. The smallest absolute Gasteiger partial charge is 0.0890 e. The van der Waals surface area contributed by atoms with E-state index in [2.05, 4.69) is 177 Å². The third kappa shape index (κ3) is 17.4. The first-order chi connectivity index (χ1) is 44.2. The highest BCUT2D eigenvalue weighted by molar-refractivity contribution is 5.88. The van der Waals surface area contributed by atoms with Crippen LogP contribution in [0.1, 0.15) is 61.7 Å². The van der Waals surface area contributed by atoms with Crippen molar-refractivity contribution >= 4 is 86.4 Å². The number of hydrogen-bond acceptors (Lipinski definition) is 16. The molecule has 16 nitrogen and oxygen atoms in total. The van der Waals surface area contributed by atoms with Gasteiger partial charge in [-0.25, -0.2) is 0 Å². The number of rotatable bonds is 0. The number of fused-ring (bicyclic) bond motifs is 8. The van der Waals surface area contributed by atoms with Crippen LogP contribution in [0.4, 0.5) is 0 Å². The molecule has 0 amide bonds. The average Bonchev–Trinajstić information content (AvgIpc) is 3.67. The van der Waals surface area contributed by atoms with Crippen LogP contribution in [-0.2, 0) is 0 Å². The second-order valence-electron chi connectivity index (χ2n) is 21.7. The molecule has 0 spiro atoms. The Morgan fingerprint density at radius 1 is 0.242 bits per heavy atom. The van der Waals surface area contributed by atoms with Gasteiger partial charge >= 0.3 is 0 Å². The first kappa shape index (κ1) is 64.0. The minimum atomic E-state index is 0.965. The van der Waals surface area contributed by atoms with Crippen molar-refractivity contribution in [2.75, 3.05) is 0 Å². The fourth-order valence-electron chi connectivity index (χ4n) is 9.86. The van der Waals surface area contributed by atoms with Crippen molar-refractivity contribution in [1.29, 1.82) is 0 Å². The first-order valence-electron chi connectivity index (χ1n) is 29.5. The zero-order valence-electron chi connectivity index (χ0n) is 53.0. The topological polar surface area (TPSA) is 206 Å². The lowest BCUT2D eigenvalue weighted by Gasteiger charge is -2.02. The van der Waals surface area contributed by atoms with E-state index in [-0.39, 0.29) is 0 Å². The number of benzene rings is 3. The maximum Gasteiger partial charge on any atom is 0.0890 e. The summed E-state index contributed by atoms with van der Waals surface area (Å²) >= 11 is 0. The Kier molecular flexibility index (Phi) is 22.1. The molecule has 3 aromatic carbocycles. The van der Waals surface area contributed by atoms with Crippen molar-refractivity contribution in [3.8, 4) is 0 Å². The molecule has 0 radical (unpaired) electrons. The number of aryl methyl sites for hydroxylation is 11. The maximum absolute atomic E-state index is 4.37. The van der Waals surface area contributed by atoms with Gasteiger partial charge in [0.1, 0.15) is 0 Å². The van der Waals surface area contributed by atoms with Crippen LogP contribution in [0.3, 0.4) is 0 Å². The van der Waals surface area contributed by atoms with Gasteiger partial charge in [0, 0.05) is 157 Å². The van der Waals surface area contributed by atoms with Crippen LogP contribution in [0.2, 0.25) is 0 Å². The number of hydrogen-bond donors (Lipinski definition) is 0. The molecule has 450 valence electrons. The third-order valence-electron chi connectivity index (χ3n) is 14.8. The zero-order valence-corrected chi connectivity index (χ0v) is 53.0. The Bertz CT molecular complexity index is 4690. The molecule has 91 heavy (non-hydrogen) atoms. The Morgan fingerprint density at radius 2 is 0.791 bits per heavy atom. The van der Waals surface area contributed by atoms with Crippen LogP contribution in [0.15, 0.2) is 227 Å². The highest BCUT2D eigenvalue weighted by Gasteiger charge is 2.03. The summed E-state index contributed by atoms with van der Waals surface area (Å²) in [5, 5.41) is 39.5. The summed E-state index contributed by atoms with van der Waals surface area (Å²) in [5.41, 5.74) is 14.8. The van der Waals surface area contributed by atoms with Crippen molar-refractivity contribution in [3.63, 3.8) is 0 Å². The van der Waals surface area contributed by atoms with Gasteiger partial charge in [-0.05, 0) is 181 Å². The lowest BCUT2D eigenvalue weighted by atomic mass is 10.1. The second-order valence-corrected chi connectivity index (χ2v) is 21.7. The van der Waals surface area contributed by atoms with Crippen molar-refractivity contribution in [2.24, 2.45) is 0 Å². The van der Waals surface area contributed by atoms with E-state index in [9.17, 15) is 0 Å². The van der Waals surface area contributed by atoms with Gasteiger partial charge < -0.3 is 0 Å². The summed E-state index contributed by atoms with van der Waals surface area (Å²) in [6.07, 6.45) is 36.3. The minimum Gasteiger partial charge on any atom is -0.264 e. The molecule has 0 atom stereocenters. The van der Waals surface area contributed by atoms with E-state index in [1.807, 2.05) is 132 Å². The van der Waals surface area contributed by atoms with Crippen LogP contribution in [0, 0.1) is 76.2 Å². The highest BCUT2D eigenvalue weighted by atomic mass is 15.1. The molecule has 0 aliphatic rings. The maximum atomic E-state index is 4.37. The third-order valence-corrected chi connectivity index (χ3v) is 14.8.